The second-order valence-electron chi connectivity index (χ2n) is 8.80. The number of nitrogens with two attached hydrogens (primary N) is 1. The molecule has 152 valence electrons. The molecule has 0 spiro atoms. The highest BCUT2D eigenvalue weighted by atomic mass is 16.5. The van der Waals surface area contributed by atoms with Crippen LogP contribution in [0.3, 0.4) is 0 Å². The number of nitrogens with one attached hydrogen (secondary N) is 1. The highest BCUT2D eigenvalue weighted by Crippen LogP contribution is 2.41. The number of hydrogen-bond donors (Lipinski definition) is 2. The van der Waals surface area contributed by atoms with E-state index in [0.717, 1.165) is 41.0 Å². The fourth-order valence-electron chi connectivity index (χ4n) is 3.44. The van der Waals surface area contributed by atoms with Crippen LogP contribution in [0, 0.1) is 5.41 Å². The Kier molecular flexibility index (Phi) is 4.82. The summed E-state index contributed by atoms with van der Waals surface area (Å²) in [5.41, 5.74) is 9.49. The number of carbonyl (C=O) groups is 1. The van der Waals surface area contributed by atoms with Crippen molar-refractivity contribution in [3.05, 3.63) is 42.5 Å². The molecule has 1 aromatic heterocycles. The van der Waals surface area contributed by atoms with E-state index >= 15 is 0 Å². The van der Waals surface area contributed by atoms with Crippen molar-refractivity contribution in [3.63, 3.8) is 0 Å². The maximum atomic E-state index is 12.5. The maximum Gasteiger partial charge on any atom is 0.241 e. The van der Waals surface area contributed by atoms with Gasteiger partial charge in [0.1, 0.15) is 11.6 Å². The molecule has 6 heteroatoms. The molecule has 1 amide bonds. The molecule has 0 radical (unpaired) electrons. The number of benzene rings is 2. The van der Waals surface area contributed by atoms with Gasteiger partial charge in [0, 0.05) is 17.3 Å². The van der Waals surface area contributed by atoms with Gasteiger partial charge in [-0.3, -0.25) is 4.79 Å². The Morgan fingerprint density at radius 2 is 1.90 bits per heavy atom. The fourth-order valence-corrected chi connectivity index (χ4v) is 3.44. The van der Waals surface area contributed by atoms with Gasteiger partial charge in [-0.25, -0.2) is 4.98 Å². The van der Waals surface area contributed by atoms with Gasteiger partial charge in [-0.2, -0.15) is 0 Å². The number of hydrogen-bond acceptors (Lipinski definition) is 4. The zero-order valence-electron chi connectivity index (χ0n) is 17.4. The molecule has 0 saturated heterocycles. The van der Waals surface area contributed by atoms with Crippen LogP contribution in [-0.2, 0) is 4.79 Å². The molecule has 1 aliphatic carbocycles. The van der Waals surface area contributed by atoms with Gasteiger partial charge in [0.25, 0.3) is 0 Å². The number of methoxy groups -OCH3 is 1. The third-order valence-electron chi connectivity index (χ3n) is 5.43. The predicted octanol–water partition coefficient (Wildman–Crippen LogP) is 4.36. The summed E-state index contributed by atoms with van der Waals surface area (Å²) >= 11 is 0. The minimum absolute atomic E-state index is 0.186. The van der Waals surface area contributed by atoms with Crippen LogP contribution < -0.4 is 15.8 Å². The van der Waals surface area contributed by atoms with Crippen LogP contribution in [0.4, 0.5) is 5.69 Å². The maximum absolute atomic E-state index is 12.5. The molecular formula is C23H28N4O2. The first kappa shape index (κ1) is 19.5. The van der Waals surface area contributed by atoms with E-state index in [-0.39, 0.29) is 11.3 Å². The van der Waals surface area contributed by atoms with Gasteiger partial charge in [-0.1, -0.05) is 20.8 Å². The number of carbonyl (C=O) groups excluding carboxylic acids is 1. The molecule has 2 aromatic carbocycles. The van der Waals surface area contributed by atoms with Crippen molar-refractivity contribution < 1.29 is 9.53 Å². The quantitative estimate of drug-likeness (QED) is 0.676. The van der Waals surface area contributed by atoms with Crippen LogP contribution in [0.1, 0.15) is 39.7 Å². The van der Waals surface area contributed by atoms with E-state index in [0.29, 0.717) is 11.7 Å². The second kappa shape index (κ2) is 7.19. The third kappa shape index (κ3) is 3.85. The van der Waals surface area contributed by atoms with Crippen LogP contribution in [0.5, 0.6) is 5.75 Å². The summed E-state index contributed by atoms with van der Waals surface area (Å²) in [5.74, 6) is 1.58. The average Bonchev–Trinajstić information content (AvgIpc) is 3.46. The molecule has 0 bridgehead atoms. The van der Waals surface area contributed by atoms with Crippen molar-refractivity contribution >= 4 is 22.6 Å². The summed E-state index contributed by atoms with van der Waals surface area (Å²) in [6.45, 7) is 5.87. The Labute approximate surface area is 171 Å². The molecule has 4 rings (SSSR count). The fraction of sp³-hybridized carbons (Fsp3) is 0.391. The van der Waals surface area contributed by atoms with Gasteiger partial charge in [-0.15, -0.1) is 0 Å². The standard InChI is InChI=1S/C23H28N4O2/c1-23(2,3)20(24)22(28)25-15-7-12-19-18(13-15)26-21(27(19)16-8-9-16)14-5-10-17(29-4)11-6-14/h5-7,10-13,16,20H,8-9,24H2,1-4H3,(H,25,28)/t20-/m1/s1. The Hall–Kier alpha value is -2.86. The Balaban J connectivity index is 1.69. The molecule has 1 atom stereocenters. The predicted molar refractivity (Wildman–Crippen MR) is 116 cm³/mol. The number of fused-ring (bicyclic) bond motifs is 1. The molecule has 1 aliphatic rings. The molecule has 1 heterocycles. The average molecular weight is 393 g/mol. The number of nitrogens with zero attached hydrogens (tertiary/aromatic N) is 2. The van der Waals surface area contributed by atoms with Gasteiger partial charge in [0.05, 0.1) is 24.2 Å². The lowest BCUT2D eigenvalue weighted by atomic mass is 9.87. The Morgan fingerprint density at radius 1 is 1.21 bits per heavy atom. The van der Waals surface area contributed by atoms with E-state index in [4.69, 9.17) is 15.5 Å². The summed E-state index contributed by atoms with van der Waals surface area (Å²) in [4.78, 5) is 17.4. The molecule has 0 unspecified atom stereocenters. The molecule has 29 heavy (non-hydrogen) atoms. The normalized spacial score (nSPS) is 15.3. The first-order valence-corrected chi connectivity index (χ1v) is 10.0. The third-order valence-corrected chi connectivity index (χ3v) is 5.43. The second-order valence-corrected chi connectivity index (χ2v) is 8.80. The molecular weight excluding hydrogens is 364 g/mol. The van der Waals surface area contributed by atoms with Crippen LogP contribution in [0.2, 0.25) is 0 Å². The number of rotatable bonds is 5. The Morgan fingerprint density at radius 3 is 2.48 bits per heavy atom. The molecule has 1 saturated carbocycles. The van der Waals surface area contributed by atoms with E-state index in [9.17, 15) is 4.79 Å². The summed E-state index contributed by atoms with van der Waals surface area (Å²) in [7, 11) is 1.66. The van der Waals surface area contributed by atoms with E-state index in [2.05, 4.69) is 9.88 Å². The van der Waals surface area contributed by atoms with Crippen molar-refractivity contribution in [1.29, 1.82) is 0 Å². The van der Waals surface area contributed by atoms with E-state index in [1.54, 1.807) is 7.11 Å². The van der Waals surface area contributed by atoms with Gasteiger partial charge >= 0.3 is 0 Å². The molecule has 6 nitrogen and oxygen atoms in total. The number of imidazole rings is 1. The van der Waals surface area contributed by atoms with Crippen molar-refractivity contribution in [1.82, 2.24) is 9.55 Å². The lowest BCUT2D eigenvalue weighted by Gasteiger charge is -2.25. The highest BCUT2D eigenvalue weighted by molar-refractivity contribution is 5.97. The number of anilines is 1. The van der Waals surface area contributed by atoms with Crippen LogP contribution in [0.25, 0.3) is 22.4 Å². The van der Waals surface area contributed by atoms with Crippen molar-refractivity contribution in [2.75, 3.05) is 12.4 Å². The van der Waals surface area contributed by atoms with Gasteiger partial charge in [0.2, 0.25) is 5.91 Å². The van der Waals surface area contributed by atoms with Crippen LogP contribution >= 0.6 is 0 Å². The van der Waals surface area contributed by atoms with E-state index in [1.165, 1.54) is 0 Å². The lowest BCUT2D eigenvalue weighted by Crippen LogP contribution is -2.45. The largest absolute Gasteiger partial charge is 0.497 e. The lowest BCUT2D eigenvalue weighted by molar-refractivity contribution is -0.119. The molecule has 0 aliphatic heterocycles. The number of aromatic nitrogens is 2. The summed E-state index contributed by atoms with van der Waals surface area (Å²) in [5, 5.41) is 2.94. The first-order valence-electron chi connectivity index (χ1n) is 10.0. The van der Waals surface area contributed by atoms with Crippen molar-refractivity contribution in [2.24, 2.45) is 11.1 Å². The van der Waals surface area contributed by atoms with Crippen LogP contribution in [-0.4, -0.2) is 28.6 Å². The molecule has 1 fully saturated rings. The molecule has 3 N–H and O–H groups in total. The van der Waals surface area contributed by atoms with E-state index in [1.807, 2.05) is 63.2 Å². The zero-order valence-corrected chi connectivity index (χ0v) is 17.4. The van der Waals surface area contributed by atoms with Gasteiger partial charge in [-0.05, 0) is 60.7 Å². The topological polar surface area (TPSA) is 82.2 Å². The van der Waals surface area contributed by atoms with Gasteiger partial charge in [0.15, 0.2) is 0 Å². The Bertz CT molecular complexity index is 1040. The number of amides is 1. The van der Waals surface area contributed by atoms with Crippen molar-refractivity contribution in [2.45, 2.75) is 45.7 Å². The molecule has 3 aromatic rings. The zero-order chi connectivity index (χ0) is 20.8. The minimum atomic E-state index is -0.586. The number of ether oxygens (including phenoxy) is 1. The SMILES string of the molecule is COc1ccc(-c2nc3cc(NC(=O)[C@@H](N)C(C)(C)C)ccc3n2C2CC2)cc1. The summed E-state index contributed by atoms with van der Waals surface area (Å²) < 4.78 is 7.58. The summed E-state index contributed by atoms with van der Waals surface area (Å²) in [6, 6.07) is 13.7. The smallest absolute Gasteiger partial charge is 0.241 e. The van der Waals surface area contributed by atoms with Crippen molar-refractivity contribution in [3.8, 4) is 17.1 Å². The highest BCUT2D eigenvalue weighted by Gasteiger charge is 2.30. The summed E-state index contributed by atoms with van der Waals surface area (Å²) in [6.07, 6.45) is 2.32. The van der Waals surface area contributed by atoms with Crippen LogP contribution in [0.15, 0.2) is 42.5 Å². The van der Waals surface area contributed by atoms with Gasteiger partial charge < -0.3 is 20.4 Å². The van der Waals surface area contributed by atoms with E-state index < -0.39 is 6.04 Å². The first-order chi connectivity index (χ1) is 13.8. The monoisotopic (exact) mass is 392 g/mol. The minimum Gasteiger partial charge on any atom is -0.497 e.